The van der Waals surface area contributed by atoms with Crippen molar-refractivity contribution in [1.82, 2.24) is 15.1 Å². The second kappa shape index (κ2) is 4.03. The highest BCUT2D eigenvalue weighted by Crippen LogP contribution is 2.21. The minimum atomic E-state index is 0.891. The van der Waals surface area contributed by atoms with Crippen molar-refractivity contribution in [3.8, 4) is 0 Å². The molecule has 2 aromatic rings. The summed E-state index contributed by atoms with van der Waals surface area (Å²) in [5.74, 6) is 0. The molecule has 2 rings (SSSR count). The van der Waals surface area contributed by atoms with Crippen molar-refractivity contribution in [2.45, 2.75) is 26.9 Å². The maximum absolute atomic E-state index is 4.54. The average Bonchev–Trinajstić information content (AvgIpc) is 2.58. The molecular formula is C12H17N3. The van der Waals surface area contributed by atoms with Gasteiger partial charge in [0.15, 0.2) is 0 Å². The molecule has 0 fully saturated rings. The smallest absolute Gasteiger partial charge is 0.0730 e. The van der Waals surface area contributed by atoms with Crippen LogP contribution in [-0.4, -0.2) is 16.8 Å². The third kappa shape index (κ3) is 1.63. The first kappa shape index (κ1) is 10.2. The summed E-state index contributed by atoms with van der Waals surface area (Å²) < 4.78 is 2.08. The number of fused-ring (bicyclic) bond motifs is 1. The van der Waals surface area contributed by atoms with Gasteiger partial charge in [0.05, 0.1) is 11.2 Å². The molecule has 0 amide bonds. The third-order valence-corrected chi connectivity index (χ3v) is 2.70. The van der Waals surface area contributed by atoms with Crippen LogP contribution in [0.25, 0.3) is 10.9 Å². The van der Waals surface area contributed by atoms with Gasteiger partial charge < -0.3 is 5.32 Å². The molecule has 0 atom stereocenters. The summed E-state index contributed by atoms with van der Waals surface area (Å²) in [6, 6.07) is 6.40. The zero-order chi connectivity index (χ0) is 10.8. The molecule has 0 saturated heterocycles. The monoisotopic (exact) mass is 203 g/mol. The quantitative estimate of drug-likeness (QED) is 0.827. The Balaban J connectivity index is 2.70. The number of rotatable bonds is 3. The van der Waals surface area contributed by atoms with E-state index in [0.29, 0.717) is 0 Å². The van der Waals surface area contributed by atoms with Crippen molar-refractivity contribution in [3.05, 3.63) is 29.5 Å². The maximum atomic E-state index is 4.54. The molecule has 0 bridgehead atoms. The van der Waals surface area contributed by atoms with Gasteiger partial charge in [-0.2, -0.15) is 5.10 Å². The van der Waals surface area contributed by atoms with E-state index in [2.05, 4.69) is 47.1 Å². The highest BCUT2D eigenvalue weighted by molar-refractivity contribution is 5.84. The topological polar surface area (TPSA) is 29.9 Å². The predicted octanol–water partition coefficient (Wildman–Crippen LogP) is 2.08. The van der Waals surface area contributed by atoms with Crippen LogP contribution in [0.5, 0.6) is 0 Å². The Kier molecular flexibility index (Phi) is 2.73. The van der Waals surface area contributed by atoms with Gasteiger partial charge in [-0.3, -0.25) is 4.68 Å². The van der Waals surface area contributed by atoms with Crippen LogP contribution < -0.4 is 5.32 Å². The van der Waals surface area contributed by atoms with Gasteiger partial charge in [-0.05, 0) is 26.5 Å². The second-order valence-corrected chi connectivity index (χ2v) is 3.74. The fourth-order valence-electron chi connectivity index (χ4n) is 2.03. The van der Waals surface area contributed by atoms with Gasteiger partial charge in [0.25, 0.3) is 0 Å². The van der Waals surface area contributed by atoms with Crippen LogP contribution in [-0.2, 0) is 13.1 Å². The Morgan fingerprint density at radius 1 is 1.40 bits per heavy atom. The van der Waals surface area contributed by atoms with Crippen molar-refractivity contribution in [2.75, 3.05) is 7.05 Å². The molecular weight excluding hydrogens is 186 g/mol. The lowest BCUT2D eigenvalue weighted by atomic mass is 10.1. The van der Waals surface area contributed by atoms with Crippen molar-refractivity contribution >= 4 is 10.9 Å². The molecule has 0 unspecified atom stereocenters. The summed E-state index contributed by atoms with van der Waals surface area (Å²) in [6.07, 6.45) is 0. The van der Waals surface area contributed by atoms with Gasteiger partial charge in [-0.1, -0.05) is 18.2 Å². The van der Waals surface area contributed by atoms with E-state index >= 15 is 0 Å². The third-order valence-electron chi connectivity index (χ3n) is 2.70. The van der Waals surface area contributed by atoms with Gasteiger partial charge in [-0.25, -0.2) is 0 Å². The Morgan fingerprint density at radius 3 is 2.87 bits per heavy atom. The Hall–Kier alpha value is -1.35. The van der Waals surface area contributed by atoms with E-state index in [-0.39, 0.29) is 0 Å². The van der Waals surface area contributed by atoms with Crippen molar-refractivity contribution < 1.29 is 0 Å². The fraction of sp³-hybridized carbons (Fsp3) is 0.417. The fourth-order valence-corrected chi connectivity index (χ4v) is 2.03. The number of nitrogens with one attached hydrogen (secondary N) is 1. The van der Waals surface area contributed by atoms with E-state index in [1.807, 2.05) is 7.05 Å². The van der Waals surface area contributed by atoms with Gasteiger partial charge in [0.1, 0.15) is 0 Å². The number of para-hydroxylation sites is 1. The number of benzene rings is 1. The molecule has 0 spiro atoms. The summed E-state index contributed by atoms with van der Waals surface area (Å²) in [5, 5.41) is 9.00. The van der Waals surface area contributed by atoms with Crippen LogP contribution in [0.15, 0.2) is 18.2 Å². The molecule has 1 N–H and O–H groups in total. The Morgan fingerprint density at radius 2 is 2.20 bits per heavy atom. The standard InChI is InChI=1S/C12H17N3/c1-4-15-12-10(8-13-3)6-5-7-11(12)9(2)14-15/h5-7,13H,4,8H2,1-3H3. The van der Waals surface area contributed by atoms with E-state index in [1.54, 1.807) is 0 Å². The summed E-state index contributed by atoms with van der Waals surface area (Å²) in [7, 11) is 1.97. The van der Waals surface area contributed by atoms with Gasteiger partial charge in [0.2, 0.25) is 0 Å². The average molecular weight is 203 g/mol. The highest BCUT2D eigenvalue weighted by atomic mass is 15.3. The van der Waals surface area contributed by atoms with E-state index in [9.17, 15) is 0 Å². The van der Waals surface area contributed by atoms with E-state index in [1.165, 1.54) is 16.5 Å². The summed E-state index contributed by atoms with van der Waals surface area (Å²) in [5.41, 5.74) is 3.70. The van der Waals surface area contributed by atoms with Crippen LogP contribution >= 0.6 is 0 Å². The summed E-state index contributed by atoms with van der Waals surface area (Å²) >= 11 is 0. The van der Waals surface area contributed by atoms with Crippen LogP contribution in [0.1, 0.15) is 18.2 Å². The van der Waals surface area contributed by atoms with Crippen LogP contribution in [0, 0.1) is 6.92 Å². The van der Waals surface area contributed by atoms with Crippen LogP contribution in [0.3, 0.4) is 0 Å². The molecule has 0 aliphatic heterocycles. The van der Waals surface area contributed by atoms with Gasteiger partial charge in [0, 0.05) is 18.5 Å². The van der Waals surface area contributed by atoms with Crippen LogP contribution in [0.4, 0.5) is 0 Å². The Bertz CT molecular complexity index is 471. The minimum absolute atomic E-state index is 0.891. The lowest BCUT2D eigenvalue weighted by molar-refractivity contribution is 0.671. The zero-order valence-electron chi connectivity index (χ0n) is 9.54. The lowest BCUT2D eigenvalue weighted by Crippen LogP contribution is -2.07. The molecule has 1 aromatic carbocycles. The van der Waals surface area contributed by atoms with Crippen molar-refractivity contribution in [3.63, 3.8) is 0 Å². The first-order valence-corrected chi connectivity index (χ1v) is 5.37. The molecule has 1 aromatic heterocycles. The molecule has 0 radical (unpaired) electrons. The van der Waals surface area contributed by atoms with Crippen molar-refractivity contribution in [1.29, 1.82) is 0 Å². The van der Waals surface area contributed by atoms with E-state index in [4.69, 9.17) is 0 Å². The molecule has 0 aliphatic rings. The van der Waals surface area contributed by atoms with Crippen LogP contribution in [0.2, 0.25) is 0 Å². The normalized spacial score (nSPS) is 11.1. The molecule has 3 heteroatoms. The number of aromatic nitrogens is 2. The second-order valence-electron chi connectivity index (χ2n) is 3.74. The highest BCUT2D eigenvalue weighted by Gasteiger charge is 2.09. The zero-order valence-corrected chi connectivity index (χ0v) is 9.54. The van der Waals surface area contributed by atoms with E-state index < -0.39 is 0 Å². The first-order chi connectivity index (χ1) is 7.27. The van der Waals surface area contributed by atoms with Gasteiger partial charge in [-0.15, -0.1) is 0 Å². The molecule has 3 nitrogen and oxygen atoms in total. The minimum Gasteiger partial charge on any atom is -0.316 e. The van der Waals surface area contributed by atoms with Crippen molar-refractivity contribution in [2.24, 2.45) is 0 Å². The molecule has 15 heavy (non-hydrogen) atoms. The SMILES string of the molecule is CCn1nc(C)c2cccc(CNC)c21. The summed E-state index contributed by atoms with van der Waals surface area (Å²) in [6.45, 7) is 6.01. The maximum Gasteiger partial charge on any atom is 0.0730 e. The number of aryl methyl sites for hydroxylation is 2. The Labute approximate surface area is 90.1 Å². The molecule has 80 valence electrons. The number of hydrogen-bond acceptors (Lipinski definition) is 2. The molecule has 0 aliphatic carbocycles. The number of hydrogen-bond donors (Lipinski definition) is 1. The number of nitrogens with zero attached hydrogens (tertiary/aromatic N) is 2. The molecule has 0 saturated carbocycles. The van der Waals surface area contributed by atoms with E-state index in [0.717, 1.165) is 18.8 Å². The van der Waals surface area contributed by atoms with Gasteiger partial charge >= 0.3 is 0 Å². The first-order valence-electron chi connectivity index (χ1n) is 5.37. The largest absolute Gasteiger partial charge is 0.316 e. The summed E-state index contributed by atoms with van der Waals surface area (Å²) in [4.78, 5) is 0. The predicted molar refractivity (Wildman–Crippen MR) is 62.9 cm³/mol. The lowest BCUT2D eigenvalue weighted by Gasteiger charge is -2.05. The molecule has 1 heterocycles.